The van der Waals surface area contributed by atoms with E-state index in [2.05, 4.69) is 4.98 Å². The number of fused-ring (bicyclic) bond motifs is 1. The number of carbonyl (C=O) groups excluding carboxylic acids is 2. The lowest BCUT2D eigenvalue weighted by molar-refractivity contribution is -0.137. The van der Waals surface area contributed by atoms with Crippen LogP contribution in [0.3, 0.4) is 0 Å². The minimum atomic E-state index is -0.314. The Morgan fingerprint density at radius 1 is 1.13 bits per heavy atom. The SMILES string of the molecule is O=C(C1CC(=O)N(c2cccc(Cl)c2)C1)N1CCCC(c2nc3ccccc3[nH]2)C1. The molecule has 3 aromatic rings. The lowest BCUT2D eigenvalue weighted by Crippen LogP contribution is -2.43. The second-order valence-electron chi connectivity index (χ2n) is 8.15. The molecule has 0 saturated carbocycles. The zero-order chi connectivity index (χ0) is 20.7. The Hall–Kier alpha value is -2.86. The van der Waals surface area contributed by atoms with Crippen molar-refractivity contribution in [2.24, 2.45) is 5.92 Å². The third-order valence-electron chi connectivity index (χ3n) is 6.12. The van der Waals surface area contributed by atoms with Gasteiger partial charge in [0.1, 0.15) is 5.82 Å². The Balaban J connectivity index is 1.29. The summed E-state index contributed by atoms with van der Waals surface area (Å²) in [6, 6.07) is 15.2. The Kier molecular flexibility index (Phi) is 4.95. The maximum atomic E-state index is 13.2. The number of imidazole rings is 1. The van der Waals surface area contributed by atoms with E-state index in [9.17, 15) is 9.59 Å². The third-order valence-corrected chi connectivity index (χ3v) is 6.36. The lowest BCUT2D eigenvalue weighted by Gasteiger charge is -2.33. The number of nitrogens with zero attached hydrogens (tertiary/aromatic N) is 3. The number of carbonyl (C=O) groups is 2. The summed E-state index contributed by atoms with van der Waals surface area (Å²) in [7, 11) is 0. The van der Waals surface area contributed by atoms with Gasteiger partial charge in [-0.1, -0.05) is 29.8 Å². The van der Waals surface area contributed by atoms with Crippen molar-refractivity contribution in [1.29, 1.82) is 0 Å². The normalized spacial score (nSPS) is 22.1. The Labute approximate surface area is 179 Å². The summed E-state index contributed by atoms with van der Waals surface area (Å²) in [4.78, 5) is 37.5. The second kappa shape index (κ2) is 7.76. The number of rotatable bonds is 3. The van der Waals surface area contributed by atoms with Crippen LogP contribution in [0, 0.1) is 5.92 Å². The van der Waals surface area contributed by atoms with Gasteiger partial charge in [-0.05, 0) is 43.2 Å². The number of amides is 2. The van der Waals surface area contributed by atoms with Crippen molar-refractivity contribution < 1.29 is 9.59 Å². The number of nitrogens with one attached hydrogen (secondary N) is 1. The average molecular weight is 423 g/mol. The standard InChI is InChI=1S/C23H23ClN4O2/c24-17-6-3-7-18(12-17)28-14-16(11-21(28)29)23(30)27-10-4-5-15(13-27)22-25-19-8-1-2-9-20(19)26-22/h1-3,6-9,12,15-16H,4-5,10-11,13-14H2,(H,25,26). The predicted molar refractivity (Wildman–Crippen MR) is 117 cm³/mol. The number of aromatic amines is 1. The first-order valence-corrected chi connectivity index (χ1v) is 10.8. The molecule has 0 bridgehead atoms. The van der Waals surface area contributed by atoms with E-state index in [0.717, 1.165) is 41.9 Å². The quantitative estimate of drug-likeness (QED) is 0.694. The summed E-state index contributed by atoms with van der Waals surface area (Å²) >= 11 is 6.07. The number of benzene rings is 2. The lowest BCUT2D eigenvalue weighted by atomic mass is 9.95. The van der Waals surface area contributed by atoms with Gasteiger partial charge in [0.15, 0.2) is 0 Å². The van der Waals surface area contributed by atoms with Crippen molar-refractivity contribution in [2.75, 3.05) is 24.5 Å². The molecular weight excluding hydrogens is 400 g/mol. The summed E-state index contributed by atoms with van der Waals surface area (Å²) in [6.07, 6.45) is 2.19. The zero-order valence-corrected chi connectivity index (χ0v) is 17.3. The molecule has 2 aliphatic rings. The van der Waals surface area contributed by atoms with Gasteiger partial charge in [0.05, 0.1) is 17.0 Å². The van der Waals surface area contributed by atoms with Gasteiger partial charge >= 0.3 is 0 Å². The monoisotopic (exact) mass is 422 g/mol. The smallest absolute Gasteiger partial charge is 0.228 e. The van der Waals surface area contributed by atoms with Crippen LogP contribution in [0.15, 0.2) is 48.5 Å². The van der Waals surface area contributed by atoms with Crippen LogP contribution in [0.1, 0.15) is 31.0 Å². The van der Waals surface area contributed by atoms with Gasteiger partial charge < -0.3 is 14.8 Å². The Bertz CT molecular complexity index is 1080. The number of H-pyrrole nitrogens is 1. The molecular formula is C23H23ClN4O2. The highest BCUT2D eigenvalue weighted by Gasteiger charge is 2.38. The van der Waals surface area contributed by atoms with E-state index >= 15 is 0 Å². The number of piperidine rings is 1. The summed E-state index contributed by atoms with van der Waals surface area (Å²) < 4.78 is 0. The van der Waals surface area contributed by atoms with Crippen molar-refractivity contribution in [2.45, 2.75) is 25.2 Å². The molecule has 30 heavy (non-hydrogen) atoms. The van der Waals surface area contributed by atoms with E-state index in [4.69, 9.17) is 16.6 Å². The molecule has 3 heterocycles. The predicted octanol–water partition coefficient (Wildman–Crippen LogP) is 3.98. The molecule has 0 spiro atoms. The average Bonchev–Trinajstić information content (AvgIpc) is 3.37. The highest BCUT2D eigenvalue weighted by molar-refractivity contribution is 6.31. The van der Waals surface area contributed by atoms with Gasteiger partial charge in [0.25, 0.3) is 0 Å². The van der Waals surface area contributed by atoms with E-state index in [1.54, 1.807) is 17.0 Å². The molecule has 0 radical (unpaired) electrons. The van der Waals surface area contributed by atoms with Crippen LogP contribution in [0.2, 0.25) is 5.02 Å². The molecule has 7 heteroatoms. The molecule has 2 fully saturated rings. The third kappa shape index (κ3) is 3.56. The first kappa shape index (κ1) is 19.1. The van der Waals surface area contributed by atoms with Crippen molar-refractivity contribution in [3.8, 4) is 0 Å². The zero-order valence-electron chi connectivity index (χ0n) is 16.6. The number of hydrogen-bond acceptors (Lipinski definition) is 3. The van der Waals surface area contributed by atoms with Crippen LogP contribution < -0.4 is 4.90 Å². The molecule has 2 aliphatic heterocycles. The van der Waals surface area contributed by atoms with Gasteiger partial charge in [0.2, 0.25) is 11.8 Å². The van der Waals surface area contributed by atoms with Crippen LogP contribution in [0.4, 0.5) is 5.69 Å². The van der Waals surface area contributed by atoms with E-state index in [-0.39, 0.29) is 30.1 Å². The van der Waals surface area contributed by atoms with Gasteiger partial charge in [-0.25, -0.2) is 4.98 Å². The molecule has 154 valence electrons. The minimum Gasteiger partial charge on any atom is -0.342 e. The van der Waals surface area contributed by atoms with Crippen LogP contribution >= 0.6 is 11.6 Å². The summed E-state index contributed by atoms with van der Waals surface area (Å²) in [5, 5.41) is 0.583. The summed E-state index contributed by atoms with van der Waals surface area (Å²) in [5.74, 6) is 0.856. The van der Waals surface area contributed by atoms with Crippen LogP contribution in [0.25, 0.3) is 11.0 Å². The minimum absolute atomic E-state index is 0.0264. The molecule has 2 aromatic carbocycles. The highest BCUT2D eigenvalue weighted by Crippen LogP contribution is 2.31. The highest BCUT2D eigenvalue weighted by atomic mass is 35.5. The maximum Gasteiger partial charge on any atom is 0.228 e. The maximum absolute atomic E-state index is 13.2. The molecule has 1 N–H and O–H groups in total. The summed E-state index contributed by atoms with van der Waals surface area (Å²) in [5.41, 5.74) is 2.73. The van der Waals surface area contributed by atoms with Crippen molar-refractivity contribution in [3.05, 3.63) is 59.4 Å². The number of hydrogen-bond donors (Lipinski definition) is 1. The largest absolute Gasteiger partial charge is 0.342 e. The number of aromatic nitrogens is 2. The van der Waals surface area contributed by atoms with Gasteiger partial charge in [-0.3, -0.25) is 9.59 Å². The van der Waals surface area contributed by atoms with Crippen LogP contribution in [-0.4, -0.2) is 46.3 Å². The molecule has 5 rings (SSSR count). The Morgan fingerprint density at radius 2 is 2.00 bits per heavy atom. The van der Waals surface area contributed by atoms with Gasteiger partial charge in [-0.2, -0.15) is 0 Å². The van der Waals surface area contributed by atoms with Crippen molar-refractivity contribution in [1.82, 2.24) is 14.9 Å². The molecule has 2 saturated heterocycles. The number of anilines is 1. The molecule has 1 aromatic heterocycles. The molecule has 2 unspecified atom stereocenters. The first-order valence-electron chi connectivity index (χ1n) is 10.4. The van der Waals surface area contributed by atoms with Crippen molar-refractivity contribution in [3.63, 3.8) is 0 Å². The topological polar surface area (TPSA) is 69.3 Å². The van der Waals surface area contributed by atoms with Gasteiger partial charge in [-0.15, -0.1) is 0 Å². The van der Waals surface area contributed by atoms with Crippen LogP contribution in [-0.2, 0) is 9.59 Å². The molecule has 2 atom stereocenters. The number of halogens is 1. The fourth-order valence-corrected chi connectivity index (χ4v) is 4.78. The fourth-order valence-electron chi connectivity index (χ4n) is 4.59. The van der Waals surface area contributed by atoms with Gasteiger partial charge in [0, 0.05) is 42.7 Å². The van der Waals surface area contributed by atoms with Crippen molar-refractivity contribution >= 4 is 40.1 Å². The molecule has 6 nitrogen and oxygen atoms in total. The fraction of sp³-hybridized carbons (Fsp3) is 0.348. The first-order chi connectivity index (χ1) is 14.6. The molecule has 2 amide bonds. The van der Waals surface area contributed by atoms with E-state index in [1.165, 1.54) is 0 Å². The van der Waals surface area contributed by atoms with E-state index in [1.807, 2.05) is 41.3 Å². The summed E-state index contributed by atoms with van der Waals surface area (Å²) in [6.45, 7) is 1.78. The molecule has 0 aliphatic carbocycles. The van der Waals surface area contributed by atoms with Crippen LogP contribution in [0.5, 0.6) is 0 Å². The van der Waals surface area contributed by atoms with E-state index in [0.29, 0.717) is 18.1 Å². The second-order valence-corrected chi connectivity index (χ2v) is 8.58. The Morgan fingerprint density at radius 3 is 2.83 bits per heavy atom. The van der Waals surface area contributed by atoms with E-state index < -0.39 is 0 Å². The number of para-hydroxylation sites is 2. The number of likely N-dealkylation sites (tertiary alicyclic amines) is 1.